The van der Waals surface area contributed by atoms with Crippen LogP contribution >= 0.6 is 11.6 Å². The maximum Gasteiger partial charge on any atom is 0.241 e. The average Bonchev–Trinajstić information content (AvgIpc) is 2.87. The molecule has 0 saturated carbocycles. The van der Waals surface area contributed by atoms with Gasteiger partial charge >= 0.3 is 0 Å². The van der Waals surface area contributed by atoms with Crippen LogP contribution in [0, 0.1) is 12.7 Å². The molecule has 1 aromatic heterocycles. The molecule has 0 aliphatic heterocycles. The first-order valence-electron chi connectivity index (χ1n) is 6.42. The van der Waals surface area contributed by atoms with Gasteiger partial charge in [0, 0.05) is 27.5 Å². The van der Waals surface area contributed by atoms with Crippen molar-refractivity contribution in [1.82, 2.24) is 5.16 Å². The summed E-state index contributed by atoms with van der Waals surface area (Å²) in [7, 11) is -1.63. The van der Waals surface area contributed by atoms with Gasteiger partial charge in [-0.2, -0.15) is 0 Å². The van der Waals surface area contributed by atoms with E-state index in [1.54, 1.807) is 13.0 Å². The number of aromatic nitrogens is 1. The second-order valence-electron chi connectivity index (χ2n) is 4.68. The summed E-state index contributed by atoms with van der Waals surface area (Å²) in [5, 5.41) is 5.45. The predicted molar refractivity (Wildman–Crippen MR) is 82.6 cm³/mol. The van der Waals surface area contributed by atoms with Crippen molar-refractivity contribution < 1.29 is 17.9 Å². The fraction of sp³-hybridized carbons (Fsp3) is 0.286. The van der Waals surface area contributed by atoms with E-state index >= 15 is 0 Å². The summed E-state index contributed by atoms with van der Waals surface area (Å²) in [6.45, 7) is 3.18. The van der Waals surface area contributed by atoms with Gasteiger partial charge < -0.3 is 9.84 Å². The summed E-state index contributed by atoms with van der Waals surface area (Å²) in [4.78, 5) is 12.0. The lowest BCUT2D eigenvalue weighted by Gasteiger charge is -2.12. The average molecular weight is 345 g/mol. The van der Waals surface area contributed by atoms with E-state index < -0.39 is 27.8 Å². The molecule has 118 valence electrons. The first kappa shape index (κ1) is 16.6. The van der Waals surface area contributed by atoms with Crippen LogP contribution in [0.3, 0.4) is 0 Å². The first-order valence-corrected chi connectivity index (χ1v) is 8.18. The van der Waals surface area contributed by atoms with E-state index in [1.165, 1.54) is 25.1 Å². The molecule has 0 fully saturated rings. The van der Waals surface area contributed by atoms with Gasteiger partial charge in [0.1, 0.15) is 16.8 Å². The molecule has 2 rings (SSSR count). The Morgan fingerprint density at radius 1 is 1.55 bits per heavy atom. The van der Waals surface area contributed by atoms with Gasteiger partial charge in [0.15, 0.2) is 5.82 Å². The molecule has 0 aliphatic rings. The van der Waals surface area contributed by atoms with Gasteiger partial charge in [-0.15, -0.1) is 0 Å². The molecule has 5 nitrogen and oxygen atoms in total. The molecule has 0 radical (unpaired) electrons. The van der Waals surface area contributed by atoms with E-state index in [4.69, 9.17) is 16.1 Å². The second kappa shape index (κ2) is 7.02. The fourth-order valence-corrected chi connectivity index (χ4v) is 3.14. The summed E-state index contributed by atoms with van der Waals surface area (Å²) in [5.41, 5.74) is 0.138. The highest BCUT2D eigenvalue weighted by Crippen LogP contribution is 2.21. The van der Waals surface area contributed by atoms with E-state index in [0.29, 0.717) is 5.76 Å². The number of rotatable bonds is 5. The number of aryl methyl sites for hydroxylation is 1. The Bertz CT molecular complexity index is 700. The lowest BCUT2D eigenvalue weighted by molar-refractivity contribution is -0.115. The van der Waals surface area contributed by atoms with Crippen LogP contribution in [0.1, 0.15) is 18.2 Å². The van der Waals surface area contributed by atoms with Gasteiger partial charge in [-0.05, 0) is 26.0 Å². The number of halogens is 2. The van der Waals surface area contributed by atoms with Crippen LogP contribution in [0.5, 0.6) is 0 Å². The fourth-order valence-electron chi connectivity index (χ4n) is 1.71. The summed E-state index contributed by atoms with van der Waals surface area (Å²) in [5.74, 6) is -0.380. The Labute approximate surface area is 134 Å². The number of carbonyl (C=O) groups is 1. The molecule has 0 bridgehead atoms. The number of anilines is 1. The van der Waals surface area contributed by atoms with E-state index in [0.717, 1.165) is 0 Å². The van der Waals surface area contributed by atoms with Crippen LogP contribution in [0.4, 0.5) is 10.2 Å². The van der Waals surface area contributed by atoms with E-state index in [-0.39, 0.29) is 22.2 Å². The molecule has 0 aliphatic carbocycles. The Kier molecular flexibility index (Phi) is 5.31. The highest BCUT2D eigenvalue weighted by molar-refractivity contribution is 7.85. The molecule has 0 unspecified atom stereocenters. The molecule has 22 heavy (non-hydrogen) atoms. The van der Waals surface area contributed by atoms with Crippen molar-refractivity contribution in [3.05, 3.63) is 46.4 Å². The monoisotopic (exact) mass is 344 g/mol. The van der Waals surface area contributed by atoms with Crippen molar-refractivity contribution in [2.75, 3.05) is 5.32 Å². The zero-order valence-electron chi connectivity index (χ0n) is 11.9. The van der Waals surface area contributed by atoms with Crippen molar-refractivity contribution >= 4 is 34.1 Å². The van der Waals surface area contributed by atoms with Gasteiger partial charge in [-0.1, -0.05) is 22.8 Å². The Balaban J connectivity index is 2.04. The maximum atomic E-state index is 13.7. The van der Waals surface area contributed by atoms with Crippen LogP contribution in [-0.2, 0) is 21.3 Å². The van der Waals surface area contributed by atoms with Crippen molar-refractivity contribution in [2.45, 2.75) is 24.9 Å². The topological polar surface area (TPSA) is 72.2 Å². The molecular formula is C14H14ClFN2O3S. The zero-order chi connectivity index (χ0) is 16.3. The quantitative estimate of drug-likeness (QED) is 0.904. The van der Waals surface area contributed by atoms with Crippen molar-refractivity contribution in [2.24, 2.45) is 0 Å². The minimum Gasteiger partial charge on any atom is -0.360 e. The van der Waals surface area contributed by atoms with Crippen molar-refractivity contribution in [3.8, 4) is 0 Å². The van der Waals surface area contributed by atoms with E-state index in [9.17, 15) is 13.4 Å². The third kappa shape index (κ3) is 3.92. The number of hydrogen-bond acceptors (Lipinski definition) is 4. The van der Waals surface area contributed by atoms with Crippen LogP contribution < -0.4 is 5.32 Å². The molecule has 2 aromatic rings. The number of hydrogen-bond donors (Lipinski definition) is 1. The maximum absolute atomic E-state index is 13.7. The van der Waals surface area contributed by atoms with E-state index in [2.05, 4.69) is 10.5 Å². The molecule has 1 N–H and O–H groups in total. The summed E-state index contributed by atoms with van der Waals surface area (Å²) >= 11 is 5.89. The smallest absolute Gasteiger partial charge is 0.241 e. The third-order valence-electron chi connectivity index (χ3n) is 2.99. The standard InChI is InChI=1S/C14H14ClFN2O3S/c1-8-6-13(18-21-8)17-14(19)9(2)22(20)7-10-11(15)4-3-5-12(10)16/h3-6,9H,7H2,1-2H3,(H,17,18,19)/t9-,22-/m0/s1. The Morgan fingerprint density at radius 3 is 2.86 bits per heavy atom. The number of carbonyl (C=O) groups excluding carboxylic acids is 1. The third-order valence-corrected chi connectivity index (χ3v) is 4.92. The molecule has 1 heterocycles. The highest BCUT2D eigenvalue weighted by atomic mass is 35.5. The van der Waals surface area contributed by atoms with Crippen LogP contribution in [0.15, 0.2) is 28.8 Å². The molecule has 0 spiro atoms. The van der Waals surface area contributed by atoms with E-state index in [1.807, 2.05) is 0 Å². The lowest BCUT2D eigenvalue weighted by atomic mass is 10.2. The predicted octanol–water partition coefficient (Wildman–Crippen LogP) is 3.05. The van der Waals surface area contributed by atoms with Gasteiger partial charge in [0.25, 0.3) is 0 Å². The molecular weight excluding hydrogens is 331 g/mol. The lowest BCUT2D eigenvalue weighted by Crippen LogP contribution is -2.30. The number of amides is 1. The minimum absolute atomic E-state index is 0.138. The minimum atomic E-state index is -1.63. The SMILES string of the molecule is Cc1cc(NC(=O)[C@H](C)[S@@](=O)Cc2c(F)cccc2Cl)no1. The van der Waals surface area contributed by atoms with Crippen LogP contribution in [0.2, 0.25) is 5.02 Å². The number of nitrogens with zero attached hydrogens (tertiary/aromatic N) is 1. The van der Waals surface area contributed by atoms with Crippen molar-refractivity contribution in [1.29, 1.82) is 0 Å². The van der Waals surface area contributed by atoms with Crippen LogP contribution in [-0.4, -0.2) is 20.5 Å². The van der Waals surface area contributed by atoms with Gasteiger partial charge in [0.05, 0.1) is 5.75 Å². The Morgan fingerprint density at radius 2 is 2.27 bits per heavy atom. The molecule has 1 amide bonds. The summed E-state index contributed by atoms with van der Waals surface area (Å²) < 4.78 is 30.7. The summed E-state index contributed by atoms with van der Waals surface area (Å²) in [6, 6.07) is 5.76. The molecule has 8 heteroatoms. The first-order chi connectivity index (χ1) is 10.4. The zero-order valence-corrected chi connectivity index (χ0v) is 13.5. The molecule has 0 saturated heterocycles. The summed E-state index contributed by atoms with van der Waals surface area (Å²) in [6.07, 6.45) is 0. The molecule has 2 atom stereocenters. The van der Waals surface area contributed by atoms with Gasteiger partial charge in [-0.3, -0.25) is 9.00 Å². The van der Waals surface area contributed by atoms with Crippen molar-refractivity contribution in [3.63, 3.8) is 0 Å². The second-order valence-corrected chi connectivity index (χ2v) is 6.84. The highest BCUT2D eigenvalue weighted by Gasteiger charge is 2.23. The van der Waals surface area contributed by atoms with Gasteiger partial charge in [0.2, 0.25) is 5.91 Å². The van der Waals surface area contributed by atoms with Crippen LogP contribution in [0.25, 0.3) is 0 Å². The largest absolute Gasteiger partial charge is 0.360 e. The van der Waals surface area contributed by atoms with Gasteiger partial charge in [-0.25, -0.2) is 4.39 Å². The normalized spacial score (nSPS) is 13.6. The number of nitrogens with one attached hydrogen (secondary N) is 1. The molecule has 1 aromatic carbocycles. The Hall–Kier alpha value is -1.73. The number of benzene rings is 1.